The van der Waals surface area contributed by atoms with Crippen molar-refractivity contribution in [3.8, 4) is 0 Å². The van der Waals surface area contributed by atoms with Crippen LogP contribution in [-0.4, -0.2) is 35.3 Å². The first kappa shape index (κ1) is 18.7. The number of benzene rings is 2. The Hall–Kier alpha value is -2.12. The van der Waals surface area contributed by atoms with Gasteiger partial charge in [-0.25, -0.2) is 4.79 Å². The average molecular weight is 367 g/mol. The fourth-order valence-corrected chi connectivity index (χ4v) is 5.50. The lowest BCUT2D eigenvalue weighted by Crippen LogP contribution is -2.42. The molecule has 1 atom stereocenters. The van der Waals surface area contributed by atoms with Crippen LogP contribution < -0.4 is 10.6 Å². The van der Waals surface area contributed by atoms with E-state index in [-0.39, 0.29) is 12.1 Å². The molecular formula is C22H26NO2P. The van der Waals surface area contributed by atoms with Crippen LogP contribution >= 0.6 is 7.92 Å². The quantitative estimate of drug-likeness (QED) is 0.596. The highest BCUT2D eigenvalue weighted by Gasteiger charge is 2.31. The SMILES string of the molecule is CC(C)(C)OC(=O)N1CC=C[C@H]1CP(c1ccccc1)c1ccccc1. The standard InChI is InChI=1S/C22H26NO2P/c1-22(2,3)25-21(24)23-16-10-11-18(23)17-26(19-12-6-4-7-13-19)20-14-8-5-9-15-20/h4-15,18H,16-17H2,1-3H3/t18-/m0/s1. The molecule has 2 aromatic rings. The summed E-state index contributed by atoms with van der Waals surface area (Å²) >= 11 is 0. The van der Waals surface area contributed by atoms with Crippen LogP contribution in [0.15, 0.2) is 72.8 Å². The molecule has 1 amide bonds. The highest BCUT2D eigenvalue weighted by Crippen LogP contribution is 2.36. The van der Waals surface area contributed by atoms with E-state index in [9.17, 15) is 4.79 Å². The first-order valence-corrected chi connectivity index (χ1v) is 10.5. The Labute approximate surface area is 157 Å². The third-order valence-corrected chi connectivity index (χ3v) is 6.78. The second-order valence-electron chi connectivity index (χ2n) is 7.41. The van der Waals surface area contributed by atoms with Gasteiger partial charge in [0, 0.05) is 6.54 Å². The monoisotopic (exact) mass is 367 g/mol. The number of nitrogens with zero attached hydrogens (tertiary/aromatic N) is 1. The minimum atomic E-state index is -0.547. The van der Waals surface area contributed by atoms with Gasteiger partial charge >= 0.3 is 6.09 Å². The zero-order valence-corrected chi connectivity index (χ0v) is 16.5. The van der Waals surface area contributed by atoms with Crippen molar-refractivity contribution in [2.75, 3.05) is 12.7 Å². The van der Waals surface area contributed by atoms with Gasteiger partial charge in [0.15, 0.2) is 0 Å². The second kappa shape index (κ2) is 8.05. The smallest absolute Gasteiger partial charge is 0.411 e. The molecule has 26 heavy (non-hydrogen) atoms. The molecule has 0 unspecified atom stereocenters. The molecule has 0 spiro atoms. The van der Waals surface area contributed by atoms with Crippen LogP contribution in [0.25, 0.3) is 0 Å². The Morgan fingerprint density at radius 3 is 2.08 bits per heavy atom. The summed E-state index contributed by atoms with van der Waals surface area (Å²) in [7, 11) is -0.547. The van der Waals surface area contributed by atoms with Gasteiger partial charge in [-0.15, -0.1) is 0 Å². The molecule has 0 aromatic heterocycles. The normalized spacial score (nSPS) is 16.9. The van der Waals surface area contributed by atoms with E-state index >= 15 is 0 Å². The summed E-state index contributed by atoms with van der Waals surface area (Å²) in [5.74, 6) is 0. The molecule has 2 aromatic carbocycles. The Bertz CT molecular complexity index is 713. The largest absolute Gasteiger partial charge is 0.444 e. The van der Waals surface area contributed by atoms with Crippen LogP contribution in [0.1, 0.15) is 20.8 Å². The molecule has 0 bridgehead atoms. The number of hydrogen-bond acceptors (Lipinski definition) is 2. The summed E-state index contributed by atoms with van der Waals surface area (Å²) in [4.78, 5) is 14.4. The van der Waals surface area contributed by atoms with Crippen LogP contribution in [0.2, 0.25) is 0 Å². The number of carbonyl (C=O) groups excluding carboxylic acids is 1. The van der Waals surface area contributed by atoms with Gasteiger partial charge < -0.3 is 4.74 Å². The zero-order valence-electron chi connectivity index (χ0n) is 15.6. The Morgan fingerprint density at radius 1 is 1.04 bits per heavy atom. The minimum Gasteiger partial charge on any atom is -0.444 e. The lowest BCUT2D eigenvalue weighted by Gasteiger charge is -2.31. The summed E-state index contributed by atoms with van der Waals surface area (Å²) in [5.41, 5.74) is -0.478. The van der Waals surface area contributed by atoms with Crippen molar-refractivity contribution in [1.29, 1.82) is 0 Å². The van der Waals surface area contributed by atoms with Crippen LogP contribution in [0, 0.1) is 0 Å². The van der Waals surface area contributed by atoms with Crippen molar-refractivity contribution in [3.05, 3.63) is 72.8 Å². The highest BCUT2D eigenvalue weighted by molar-refractivity contribution is 7.73. The summed E-state index contributed by atoms with van der Waals surface area (Å²) in [5, 5.41) is 2.66. The van der Waals surface area contributed by atoms with Gasteiger partial charge in [-0.3, -0.25) is 4.90 Å². The number of carbonyl (C=O) groups is 1. The lowest BCUT2D eigenvalue weighted by atomic mass is 10.2. The maximum absolute atomic E-state index is 12.6. The number of rotatable bonds is 4. The molecule has 0 fully saturated rings. The molecule has 0 radical (unpaired) electrons. The predicted octanol–water partition coefficient (Wildman–Crippen LogP) is 4.29. The van der Waals surface area contributed by atoms with E-state index in [1.807, 2.05) is 37.8 Å². The van der Waals surface area contributed by atoms with Gasteiger partial charge in [0.2, 0.25) is 0 Å². The van der Waals surface area contributed by atoms with Crippen molar-refractivity contribution < 1.29 is 9.53 Å². The fourth-order valence-electron chi connectivity index (χ4n) is 3.02. The fraction of sp³-hybridized carbons (Fsp3) is 0.318. The number of hydrogen-bond donors (Lipinski definition) is 0. The zero-order chi connectivity index (χ0) is 18.6. The molecule has 1 aliphatic rings. The van der Waals surface area contributed by atoms with Gasteiger partial charge in [0.05, 0.1) is 6.04 Å². The highest BCUT2D eigenvalue weighted by atomic mass is 31.1. The molecule has 3 rings (SSSR count). The molecule has 1 heterocycles. The van der Waals surface area contributed by atoms with Crippen molar-refractivity contribution in [3.63, 3.8) is 0 Å². The van der Waals surface area contributed by atoms with E-state index in [1.165, 1.54) is 10.6 Å². The minimum absolute atomic E-state index is 0.0661. The van der Waals surface area contributed by atoms with Crippen LogP contribution in [0.5, 0.6) is 0 Å². The molecule has 4 heteroatoms. The lowest BCUT2D eigenvalue weighted by molar-refractivity contribution is 0.0255. The Balaban J connectivity index is 1.82. The third kappa shape index (κ3) is 4.74. The molecule has 136 valence electrons. The molecule has 3 nitrogen and oxygen atoms in total. The number of amides is 1. The van der Waals surface area contributed by atoms with E-state index in [0.29, 0.717) is 6.54 Å². The molecular weight excluding hydrogens is 341 g/mol. The molecule has 0 aliphatic carbocycles. The van der Waals surface area contributed by atoms with Crippen molar-refractivity contribution in [1.82, 2.24) is 4.90 Å². The van der Waals surface area contributed by atoms with Crippen LogP contribution in [0.3, 0.4) is 0 Å². The summed E-state index contributed by atoms with van der Waals surface area (Å²) < 4.78 is 5.60. The maximum atomic E-state index is 12.6. The third-order valence-electron chi connectivity index (χ3n) is 4.19. The van der Waals surface area contributed by atoms with E-state index < -0.39 is 13.5 Å². The Morgan fingerprint density at radius 2 is 1.58 bits per heavy atom. The second-order valence-corrected chi connectivity index (χ2v) is 9.66. The van der Waals surface area contributed by atoms with E-state index in [1.54, 1.807) is 0 Å². The molecule has 0 saturated carbocycles. The topological polar surface area (TPSA) is 29.5 Å². The van der Waals surface area contributed by atoms with Gasteiger partial charge in [0.25, 0.3) is 0 Å². The van der Waals surface area contributed by atoms with Gasteiger partial charge in [-0.2, -0.15) is 0 Å². The van der Waals surface area contributed by atoms with E-state index in [2.05, 4.69) is 60.7 Å². The summed E-state index contributed by atoms with van der Waals surface area (Å²) in [6.45, 7) is 6.34. The van der Waals surface area contributed by atoms with E-state index in [4.69, 9.17) is 4.74 Å². The van der Waals surface area contributed by atoms with Crippen LogP contribution in [-0.2, 0) is 4.74 Å². The van der Waals surface area contributed by atoms with Gasteiger partial charge in [-0.1, -0.05) is 72.8 Å². The van der Waals surface area contributed by atoms with Crippen molar-refractivity contribution in [2.24, 2.45) is 0 Å². The average Bonchev–Trinajstić information content (AvgIpc) is 3.08. The summed E-state index contributed by atoms with van der Waals surface area (Å²) in [6.07, 6.45) is 4.88. The molecule has 0 N–H and O–H groups in total. The molecule has 1 aliphatic heterocycles. The number of ether oxygens (including phenoxy) is 1. The predicted molar refractivity (Wildman–Crippen MR) is 110 cm³/mol. The van der Waals surface area contributed by atoms with Gasteiger partial charge in [0.1, 0.15) is 5.60 Å². The first-order valence-electron chi connectivity index (χ1n) is 8.98. The van der Waals surface area contributed by atoms with Crippen molar-refractivity contribution in [2.45, 2.75) is 32.4 Å². The summed E-state index contributed by atoms with van der Waals surface area (Å²) in [6, 6.07) is 21.3. The first-order chi connectivity index (χ1) is 12.4. The molecule has 0 saturated heterocycles. The van der Waals surface area contributed by atoms with Crippen molar-refractivity contribution >= 4 is 24.6 Å². The van der Waals surface area contributed by atoms with Crippen LogP contribution in [0.4, 0.5) is 4.79 Å². The van der Waals surface area contributed by atoms with Gasteiger partial charge in [-0.05, 0) is 45.5 Å². The van der Waals surface area contributed by atoms with E-state index in [0.717, 1.165) is 6.16 Å². The Kier molecular flexibility index (Phi) is 5.78. The maximum Gasteiger partial charge on any atom is 0.411 e.